The first kappa shape index (κ1) is 15.5. The predicted molar refractivity (Wildman–Crippen MR) is 86.1 cm³/mol. The Kier molecular flexibility index (Phi) is 4.90. The average Bonchev–Trinajstić information content (AvgIpc) is 2.99. The van der Waals surface area contributed by atoms with Crippen LogP contribution in [0.1, 0.15) is 24.1 Å². The fourth-order valence-corrected chi connectivity index (χ4v) is 3.00. The van der Waals surface area contributed by atoms with Gasteiger partial charge in [-0.05, 0) is 49.8 Å². The molecule has 1 saturated heterocycles. The molecule has 1 atom stereocenters. The van der Waals surface area contributed by atoms with E-state index in [2.05, 4.69) is 22.1 Å². The smallest absolute Gasteiger partial charge is 0.260 e. The zero-order valence-electron chi connectivity index (χ0n) is 13.4. The molecule has 122 valence electrons. The van der Waals surface area contributed by atoms with Crippen molar-refractivity contribution in [3.05, 3.63) is 42.0 Å². The molecular formula is C17H22N4O2. The Morgan fingerprint density at radius 3 is 3.13 bits per heavy atom. The number of likely N-dealkylation sites (tertiary alicyclic amines) is 1. The number of carbonyl (C=O) groups excluding carboxylic acids is 1. The molecule has 3 rings (SSSR count). The third-order valence-electron chi connectivity index (χ3n) is 4.29. The van der Waals surface area contributed by atoms with E-state index < -0.39 is 0 Å². The van der Waals surface area contributed by atoms with Gasteiger partial charge in [0.25, 0.3) is 5.91 Å². The van der Waals surface area contributed by atoms with E-state index in [1.165, 1.54) is 11.3 Å². The molecule has 2 aromatic heterocycles. The minimum Gasteiger partial charge on any atom is -0.482 e. The number of aryl methyl sites for hydroxylation is 1. The van der Waals surface area contributed by atoms with E-state index in [1.54, 1.807) is 24.5 Å². The third-order valence-corrected chi connectivity index (χ3v) is 4.29. The van der Waals surface area contributed by atoms with Crippen LogP contribution in [0.5, 0.6) is 5.75 Å². The second kappa shape index (κ2) is 7.26. The summed E-state index contributed by atoms with van der Waals surface area (Å²) in [5.41, 5.74) is 2.37. The lowest BCUT2D eigenvalue weighted by Crippen LogP contribution is -2.42. The van der Waals surface area contributed by atoms with Crippen molar-refractivity contribution in [2.75, 3.05) is 19.7 Å². The minimum atomic E-state index is 0.0416. The Hall–Kier alpha value is -2.37. The largest absolute Gasteiger partial charge is 0.482 e. The van der Waals surface area contributed by atoms with E-state index >= 15 is 0 Å². The van der Waals surface area contributed by atoms with Crippen LogP contribution >= 0.6 is 0 Å². The van der Waals surface area contributed by atoms with E-state index in [9.17, 15) is 4.79 Å². The van der Waals surface area contributed by atoms with Gasteiger partial charge < -0.3 is 9.64 Å². The highest BCUT2D eigenvalue weighted by Gasteiger charge is 2.24. The Morgan fingerprint density at radius 1 is 1.48 bits per heavy atom. The fourth-order valence-electron chi connectivity index (χ4n) is 3.00. The highest BCUT2D eigenvalue weighted by Crippen LogP contribution is 2.21. The fraction of sp³-hybridized carbons (Fsp3) is 0.471. The molecular weight excluding hydrogens is 292 g/mol. The van der Waals surface area contributed by atoms with E-state index in [4.69, 9.17) is 4.74 Å². The second-order valence-electron chi connectivity index (χ2n) is 6.06. The van der Waals surface area contributed by atoms with Crippen LogP contribution < -0.4 is 4.74 Å². The molecule has 1 fully saturated rings. The SMILES string of the molecule is Cc1cn[nH]c1C[C@H]1CCCN(C(=O)COc2cccnc2)C1. The van der Waals surface area contributed by atoms with Gasteiger partial charge in [0.1, 0.15) is 5.75 Å². The van der Waals surface area contributed by atoms with Crippen molar-refractivity contribution < 1.29 is 9.53 Å². The highest BCUT2D eigenvalue weighted by atomic mass is 16.5. The van der Waals surface area contributed by atoms with Crippen molar-refractivity contribution in [2.24, 2.45) is 5.92 Å². The van der Waals surface area contributed by atoms with Crippen LogP contribution in [0, 0.1) is 12.8 Å². The van der Waals surface area contributed by atoms with Crippen LogP contribution in [0.25, 0.3) is 0 Å². The van der Waals surface area contributed by atoms with E-state index in [1.807, 2.05) is 11.1 Å². The summed E-state index contributed by atoms with van der Waals surface area (Å²) in [5, 5.41) is 7.13. The van der Waals surface area contributed by atoms with Gasteiger partial charge in [-0.15, -0.1) is 0 Å². The monoisotopic (exact) mass is 314 g/mol. The molecule has 0 aromatic carbocycles. The van der Waals surface area contributed by atoms with Crippen molar-refractivity contribution in [2.45, 2.75) is 26.2 Å². The number of nitrogens with one attached hydrogen (secondary N) is 1. The Balaban J connectivity index is 1.51. The van der Waals surface area contributed by atoms with Crippen molar-refractivity contribution >= 4 is 5.91 Å². The molecule has 0 spiro atoms. The minimum absolute atomic E-state index is 0.0416. The molecule has 2 aromatic rings. The summed E-state index contributed by atoms with van der Waals surface area (Å²) in [6.45, 7) is 3.73. The zero-order chi connectivity index (χ0) is 16.1. The van der Waals surface area contributed by atoms with Gasteiger partial charge in [-0.3, -0.25) is 14.9 Å². The molecule has 1 aliphatic rings. The topological polar surface area (TPSA) is 71.1 Å². The van der Waals surface area contributed by atoms with Crippen LogP contribution in [0.4, 0.5) is 0 Å². The first-order chi connectivity index (χ1) is 11.2. The second-order valence-corrected chi connectivity index (χ2v) is 6.06. The van der Waals surface area contributed by atoms with Crippen LogP contribution in [0.3, 0.4) is 0 Å². The number of aromatic amines is 1. The molecule has 0 saturated carbocycles. The van der Waals surface area contributed by atoms with Crippen LogP contribution in [-0.2, 0) is 11.2 Å². The summed E-state index contributed by atoms with van der Waals surface area (Å²) in [6.07, 6.45) is 8.28. The van der Waals surface area contributed by atoms with Gasteiger partial charge in [0.05, 0.1) is 12.4 Å². The van der Waals surface area contributed by atoms with Gasteiger partial charge in [-0.1, -0.05) is 0 Å². The highest BCUT2D eigenvalue weighted by molar-refractivity contribution is 5.77. The molecule has 1 aliphatic heterocycles. The van der Waals surface area contributed by atoms with Crippen molar-refractivity contribution in [3.8, 4) is 5.75 Å². The number of nitrogens with zero attached hydrogens (tertiary/aromatic N) is 3. The Bertz CT molecular complexity index is 641. The maximum absolute atomic E-state index is 12.3. The average molecular weight is 314 g/mol. The van der Waals surface area contributed by atoms with Gasteiger partial charge in [0, 0.05) is 25.0 Å². The number of aromatic nitrogens is 3. The lowest BCUT2D eigenvalue weighted by Gasteiger charge is -2.32. The third kappa shape index (κ3) is 4.09. The maximum Gasteiger partial charge on any atom is 0.260 e. The summed E-state index contributed by atoms with van der Waals surface area (Å²) in [7, 11) is 0. The molecule has 0 aliphatic carbocycles. The number of ether oxygens (including phenoxy) is 1. The van der Waals surface area contributed by atoms with Gasteiger partial charge >= 0.3 is 0 Å². The number of pyridine rings is 1. The van der Waals surface area contributed by atoms with Crippen molar-refractivity contribution in [1.82, 2.24) is 20.1 Å². The summed E-state index contributed by atoms with van der Waals surface area (Å²) in [5.74, 6) is 1.15. The molecule has 6 nitrogen and oxygen atoms in total. The number of hydrogen-bond donors (Lipinski definition) is 1. The van der Waals surface area contributed by atoms with E-state index in [0.717, 1.165) is 32.4 Å². The van der Waals surface area contributed by atoms with Crippen molar-refractivity contribution in [3.63, 3.8) is 0 Å². The quantitative estimate of drug-likeness (QED) is 0.916. The normalized spacial score (nSPS) is 18.0. The molecule has 0 bridgehead atoms. The number of amides is 1. The predicted octanol–water partition coefficient (Wildman–Crippen LogP) is 1.97. The number of H-pyrrole nitrogens is 1. The van der Waals surface area contributed by atoms with Gasteiger partial charge in [0.15, 0.2) is 6.61 Å². The number of hydrogen-bond acceptors (Lipinski definition) is 4. The first-order valence-electron chi connectivity index (χ1n) is 8.02. The van der Waals surface area contributed by atoms with Gasteiger partial charge in [-0.2, -0.15) is 5.10 Å². The molecule has 0 unspecified atom stereocenters. The first-order valence-corrected chi connectivity index (χ1v) is 8.02. The Labute approximate surface area is 135 Å². The molecule has 6 heteroatoms. The van der Waals surface area contributed by atoms with Crippen molar-refractivity contribution in [1.29, 1.82) is 0 Å². The lowest BCUT2D eigenvalue weighted by molar-refractivity contribution is -0.135. The molecule has 3 heterocycles. The van der Waals surface area contributed by atoms with Gasteiger partial charge in [0.2, 0.25) is 0 Å². The summed E-state index contributed by atoms with van der Waals surface area (Å²) in [4.78, 5) is 18.2. The van der Waals surface area contributed by atoms with Crippen LogP contribution in [0.15, 0.2) is 30.7 Å². The van der Waals surface area contributed by atoms with E-state index in [0.29, 0.717) is 11.7 Å². The molecule has 23 heavy (non-hydrogen) atoms. The number of carbonyl (C=O) groups is 1. The number of piperidine rings is 1. The number of rotatable bonds is 5. The zero-order valence-corrected chi connectivity index (χ0v) is 13.4. The maximum atomic E-state index is 12.3. The summed E-state index contributed by atoms with van der Waals surface area (Å²) < 4.78 is 5.51. The van der Waals surface area contributed by atoms with Crippen LogP contribution in [0.2, 0.25) is 0 Å². The lowest BCUT2D eigenvalue weighted by atomic mass is 9.92. The molecule has 0 radical (unpaired) electrons. The van der Waals surface area contributed by atoms with E-state index in [-0.39, 0.29) is 12.5 Å². The molecule has 1 N–H and O–H groups in total. The van der Waals surface area contributed by atoms with Crippen LogP contribution in [-0.4, -0.2) is 45.7 Å². The standard InChI is InChI=1S/C17H22N4O2/c1-13-9-19-20-16(13)8-14-4-3-7-21(11-14)17(22)12-23-15-5-2-6-18-10-15/h2,5-6,9-10,14H,3-4,7-8,11-12H2,1H3,(H,19,20)/t14-/m1/s1. The van der Waals surface area contributed by atoms with Gasteiger partial charge in [-0.25, -0.2) is 0 Å². The molecule has 1 amide bonds. The Morgan fingerprint density at radius 2 is 2.39 bits per heavy atom. The summed E-state index contributed by atoms with van der Waals surface area (Å²) >= 11 is 0. The summed E-state index contributed by atoms with van der Waals surface area (Å²) in [6, 6.07) is 3.60.